The van der Waals surface area contributed by atoms with E-state index in [-0.39, 0.29) is 12.1 Å². The second-order valence-electron chi connectivity index (χ2n) is 3.62. The van der Waals surface area contributed by atoms with E-state index in [1.807, 2.05) is 13.8 Å². The number of hydrazine groups is 1. The third-order valence-corrected chi connectivity index (χ3v) is 2.47. The van der Waals surface area contributed by atoms with Crippen molar-refractivity contribution in [3.05, 3.63) is 28.0 Å². The largest absolute Gasteiger partial charge is 0.377 e. The maximum absolute atomic E-state index is 6.02. The number of nitrogens with zero attached hydrogens (tertiary/aromatic N) is 1. The first-order chi connectivity index (χ1) is 7.54. The number of nitrogens with two attached hydrogens (primary N) is 1. The van der Waals surface area contributed by atoms with Gasteiger partial charge in [0.2, 0.25) is 0 Å². The molecule has 0 bridgehead atoms. The highest BCUT2D eigenvalue weighted by molar-refractivity contribution is 6.34. The maximum atomic E-state index is 6.02. The third-order valence-electron chi connectivity index (χ3n) is 1.96. The van der Waals surface area contributed by atoms with Gasteiger partial charge in [0.15, 0.2) is 0 Å². The Balaban J connectivity index is 2.78. The Labute approximate surface area is 105 Å². The van der Waals surface area contributed by atoms with E-state index in [4.69, 9.17) is 33.8 Å². The lowest BCUT2D eigenvalue weighted by atomic mass is 10.2. The van der Waals surface area contributed by atoms with Gasteiger partial charge in [-0.15, -0.1) is 0 Å². The molecule has 0 aliphatic heterocycles. The smallest absolute Gasteiger partial charge is 0.0880 e. The summed E-state index contributed by atoms with van der Waals surface area (Å²) < 4.78 is 5.46. The summed E-state index contributed by atoms with van der Waals surface area (Å²) in [6.45, 7) is 4.30. The van der Waals surface area contributed by atoms with Crippen LogP contribution in [0.5, 0.6) is 0 Å². The highest BCUT2D eigenvalue weighted by Gasteiger charge is 2.16. The number of rotatable bonds is 5. The first-order valence-corrected chi connectivity index (χ1v) is 5.69. The summed E-state index contributed by atoms with van der Waals surface area (Å²) in [6, 6.07) is 1.39. The van der Waals surface area contributed by atoms with Gasteiger partial charge >= 0.3 is 0 Å². The van der Waals surface area contributed by atoms with E-state index >= 15 is 0 Å². The molecule has 0 fully saturated rings. The highest BCUT2D eigenvalue weighted by atomic mass is 35.5. The zero-order chi connectivity index (χ0) is 12.1. The van der Waals surface area contributed by atoms with E-state index in [0.717, 1.165) is 0 Å². The van der Waals surface area contributed by atoms with Crippen LogP contribution < -0.4 is 11.3 Å². The number of hydrogen-bond acceptors (Lipinski definition) is 4. The van der Waals surface area contributed by atoms with E-state index in [1.165, 1.54) is 6.20 Å². The van der Waals surface area contributed by atoms with E-state index in [2.05, 4.69) is 10.4 Å². The van der Waals surface area contributed by atoms with Crippen LogP contribution in [0, 0.1) is 0 Å². The number of nitrogens with one attached hydrogen (secondary N) is 1. The fraction of sp³-hybridized carbons (Fsp3) is 0.500. The minimum atomic E-state index is -0.243. The summed E-state index contributed by atoms with van der Waals surface area (Å²) in [6.07, 6.45) is 1.66. The lowest BCUT2D eigenvalue weighted by molar-refractivity contribution is 0.0604. The fourth-order valence-corrected chi connectivity index (χ4v) is 1.69. The first kappa shape index (κ1) is 13.7. The Hall–Kier alpha value is -0.390. The van der Waals surface area contributed by atoms with Gasteiger partial charge < -0.3 is 4.74 Å². The maximum Gasteiger partial charge on any atom is 0.0880 e. The van der Waals surface area contributed by atoms with Crippen LogP contribution >= 0.6 is 23.2 Å². The number of pyridine rings is 1. The number of halogens is 2. The molecule has 90 valence electrons. The minimum absolute atomic E-state index is 0.127. The van der Waals surface area contributed by atoms with Crippen LogP contribution in [0.2, 0.25) is 10.0 Å². The quantitative estimate of drug-likeness (QED) is 0.633. The van der Waals surface area contributed by atoms with Gasteiger partial charge in [0.1, 0.15) is 0 Å². The molecule has 0 radical (unpaired) electrons. The van der Waals surface area contributed by atoms with E-state index < -0.39 is 0 Å². The van der Waals surface area contributed by atoms with Crippen molar-refractivity contribution in [3.8, 4) is 0 Å². The van der Waals surface area contributed by atoms with Crippen molar-refractivity contribution >= 4 is 23.2 Å². The topological polar surface area (TPSA) is 60.2 Å². The van der Waals surface area contributed by atoms with Crippen molar-refractivity contribution in [2.75, 3.05) is 6.61 Å². The van der Waals surface area contributed by atoms with Gasteiger partial charge in [-0.1, -0.05) is 23.2 Å². The molecule has 6 heteroatoms. The highest BCUT2D eigenvalue weighted by Crippen LogP contribution is 2.23. The Morgan fingerprint density at radius 3 is 2.69 bits per heavy atom. The summed E-state index contributed by atoms with van der Waals surface area (Å²) in [7, 11) is 0. The minimum Gasteiger partial charge on any atom is -0.377 e. The Bertz CT molecular complexity index is 347. The summed E-state index contributed by atoms with van der Waals surface area (Å²) in [5, 5.41) is 0.970. The average molecular weight is 264 g/mol. The van der Waals surface area contributed by atoms with Crippen LogP contribution in [0.1, 0.15) is 25.6 Å². The number of aromatic nitrogens is 1. The summed E-state index contributed by atoms with van der Waals surface area (Å²) in [4.78, 5) is 4.14. The zero-order valence-corrected chi connectivity index (χ0v) is 10.7. The molecule has 3 N–H and O–H groups in total. The summed E-state index contributed by atoms with van der Waals surface area (Å²) >= 11 is 11.8. The predicted octanol–water partition coefficient (Wildman–Crippen LogP) is 2.32. The van der Waals surface area contributed by atoms with Gasteiger partial charge in [0.05, 0.1) is 34.5 Å². The Kier molecular flexibility index (Phi) is 5.44. The second kappa shape index (κ2) is 6.37. The van der Waals surface area contributed by atoms with Crippen LogP contribution in [0.15, 0.2) is 12.3 Å². The van der Waals surface area contributed by atoms with E-state index in [9.17, 15) is 0 Å². The molecule has 1 aromatic heterocycles. The monoisotopic (exact) mass is 263 g/mol. The SMILES string of the molecule is CC(C)OCC(NN)c1ncc(Cl)cc1Cl. The Morgan fingerprint density at radius 2 is 2.19 bits per heavy atom. The molecule has 0 amide bonds. The van der Waals surface area contributed by atoms with Gasteiger partial charge in [-0.2, -0.15) is 0 Å². The molecule has 4 nitrogen and oxygen atoms in total. The molecule has 16 heavy (non-hydrogen) atoms. The van der Waals surface area contributed by atoms with Gasteiger partial charge in [0.25, 0.3) is 0 Å². The van der Waals surface area contributed by atoms with Gasteiger partial charge in [0, 0.05) is 6.20 Å². The molecule has 0 spiro atoms. The van der Waals surface area contributed by atoms with Crippen LogP contribution in [-0.4, -0.2) is 17.7 Å². The molecule has 0 saturated carbocycles. The number of ether oxygens (including phenoxy) is 1. The normalized spacial score (nSPS) is 13.1. The van der Waals surface area contributed by atoms with E-state index in [0.29, 0.717) is 22.3 Å². The number of hydrogen-bond donors (Lipinski definition) is 2. The lowest BCUT2D eigenvalue weighted by Crippen LogP contribution is -2.33. The molecule has 0 aliphatic rings. The fourth-order valence-electron chi connectivity index (χ4n) is 1.18. The molecule has 1 unspecified atom stereocenters. The molecule has 0 saturated heterocycles. The average Bonchev–Trinajstić information content (AvgIpc) is 2.21. The molecule has 1 atom stereocenters. The second-order valence-corrected chi connectivity index (χ2v) is 4.47. The van der Waals surface area contributed by atoms with Crippen molar-refractivity contribution in [2.45, 2.75) is 26.0 Å². The molecule has 1 rings (SSSR count). The van der Waals surface area contributed by atoms with Crippen LogP contribution in [-0.2, 0) is 4.74 Å². The van der Waals surface area contributed by atoms with Crippen molar-refractivity contribution in [1.82, 2.24) is 10.4 Å². The summed E-state index contributed by atoms with van der Waals surface area (Å²) in [5.41, 5.74) is 3.25. The van der Waals surface area contributed by atoms with Gasteiger partial charge in [-0.25, -0.2) is 5.43 Å². The zero-order valence-electron chi connectivity index (χ0n) is 9.21. The molecule has 0 aromatic carbocycles. The first-order valence-electron chi connectivity index (χ1n) is 4.93. The lowest BCUT2D eigenvalue weighted by Gasteiger charge is -2.18. The standard InChI is InChI=1S/C10H15Cl2N3O/c1-6(2)16-5-9(15-13)10-8(12)3-7(11)4-14-10/h3-4,6,9,15H,5,13H2,1-2H3. The predicted molar refractivity (Wildman–Crippen MR) is 65.4 cm³/mol. The molecule has 0 aliphatic carbocycles. The molecular formula is C10H15Cl2N3O. The van der Waals surface area contributed by atoms with Crippen molar-refractivity contribution in [1.29, 1.82) is 0 Å². The third kappa shape index (κ3) is 3.88. The van der Waals surface area contributed by atoms with Crippen molar-refractivity contribution in [3.63, 3.8) is 0 Å². The van der Waals surface area contributed by atoms with E-state index in [1.54, 1.807) is 6.07 Å². The van der Waals surface area contributed by atoms with Crippen LogP contribution in [0.25, 0.3) is 0 Å². The molecule has 1 heterocycles. The summed E-state index contributed by atoms with van der Waals surface area (Å²) in [5.74, 6) is 5.44. The van der Waals surface area contributed by atoms with Gasteiger partial charge in [-0.05, 0) is 19.9 Å². The molecule has 1 aromatic rings. The van der Waals surface area contributed by atoms with Crippen molar-refractivity contribution in [2.24, 2.45) is 5.84 Å². The van der Waals surface area contributed by atoms with Crippen molar-refractivity contribution < 1.29 is 4.74 Å². The molecular weight excluding hydrogens is 249 g/mol. The van der Waals surface area contributed by atoms with Crippen LogP contribution in [0.4, 0.5) is 0 Å². The Morgan fingerprint density at radius 1 is 1.50 bits per heavy atom. The van der Waals surface area contributed by atoms with Crippen LogP contribution in [0.3, 0.4) is 0 Å². The van der Waals surface area contributed by atoms with Gasteiger partial charge in [-0.3, -0.25) is 10.8 Å².